The SMILES string of the molecule is CC(Oc1ccc([N+](=O)[O-])cc1)C(=O)c1ccc2c(c1)CCC2. The van der Waals surface area contributed by atoms with Gasteiger partial charge in [-0.05, 0) is 55.5 Å². The van der Waals surface area contributed by atoms with E-state index in [0.717, 1.165) is 19.3 Å². The Labute approximate surface area is 134 Å². The lowest BCUT2D eigenvalue weighted by atomic mass is 10.0. The lowest BCUT2D eigenvalue weighted by molar-refractivity contribution is -0.384. The number of fused-ring (bicyclic) bond motifs is 1. The predicted octanol–water partition coefficient (Wildman–Crippen LogP) is 3.73. The topological polar surface area (TPSA) is 69.4 Å². The number of nitrogens with zero attached hydrogens (tertiary/aromatic N) is 1. The minimum Gasteiger partial charge on any atom is -0.483 e. The molecule has 0 radical (unpaired) electrons. The minimum absolute atomic E-state index is 0.00467. The van der Waals surface area contributed by atoms with Crippen molar-refractivity contribution in [2.24, 2.45) is 0 Å². The van der Waals surface area contributed by atoms with Gasteiger partial charge in [0.05, 0.1) is 4.92 Å². The van der Waals surface area contributed by atoms with Gasteiger partial charge in [0.1, 0.15) is 5.75 Å². The fourth-order valence-corrected chi connectivity index (χ4v) is 2.86. The standard InChI is InChI=1S/C18H17NO4/c1-12(23-17-9-7-16(8-10-17)19(21)22)18(20)15-6-5-13-3-2-4-14(13)11-15/h5-12H,2-4H2,1H3. The molecule has 1 aliphatic rings. The smallest absolute Gasteiger partial charge is 0.269 e. The zero-order valence-electron chi connectivity index (χ0n) is 12.8. The summed E-state index contributed by atoms with van der Waals surface area (Å²) in [5.41, 5.74) is 3.22. The number of ether oxygens (including phenoxy) is 1. The summed E-state index contributed by atoms with van der Waals surface area (Å²) in [4.78, 5) is 22.7. The average molecular weight is 311 g/mol. The molecule has 0 amide bonds. The summed E-state index contributed by atoms with van der Waals surface area (Å²) in [5, 5.41) is 10.6. The highest BCUT2D eigenvalue weighted by molar-refractivity contribution is 5.99. The molecule has 1 aliphatic carbocycles. The van der Waals surface area contributed by atoms with Crippen LogP contribution < -0.4 is 4.74 Å². The number of ketones is 1. The minimum atomic E-state index is -0.643. The van der Waals surface area contributed by atoms with Crippen molar-refractivity contribution >= 4 is 11.5 Å². The largest absolute Gasteiger partial charge is 0.483 e. The Morgan fingerprint density at radius 3 is 2.52 bits per heavy atom. The highest BCUT2D eigenvalue weighted by Crippen LogP contribution is 2.24. The first kappa shape index (κ1) is 15.2. The third kappa shape index (κ3) is 3.23. The van der Waals surface area contributed by atoms with Crippen molar-refractivity contribution in [3.8, 4) is 5.75 Å². The highest BCUT2D eigenvalue weighted by atomic mass is 16.6. The molecular weight excluding hydrogens is 294 g/mol. The van der Waals surface area contributed by atoms with Gasteiger partial charge in [-0.15, -0.1) is 0 Å². The van der Waals surface area contributed by atoms with Crippen LogP contribution in [-0.2, 0) is 12.8 Å². The van der Waals surface area contributed by atoms with Gasteiger partial charge >= 0.3 is 0 Å². The second kappa shape index (κ2) is 6.20. The molecule has 1 atom stereocenters. The number of hydrogen-bond acceptors (Lipinski definition) is 4. The molecule has 1 unspecified atom stereocenters. The van der Waals surface area contributed by atoms with Crippen LogP contribution in [0.3, 0.4) is 0 Å². The van der Waals surface area contributed by atoms with Crippen molar-refractivity contribution in [1.29, 1.82) is 0 Å². The van der Waals surface area contributed by atoms with Gasteiger partial charge in [0.25, 0.3) is 5.69 Å². The van der Waals surface area contributed by atoms with Crippen LogP contribution in [0.15, 0.2) is 42.5 Å². The average Bonchev–Trinajstić information content (AvgIpc) is 3.02. The normalized spacial score (nSPS) is 14.1. The number of rotatable bonds is 5. The second-order valence-electron chi connectivity index (χ2n) is 5.71. The van der Waals surface area contributed by atoms with Crippen LogP contribution in [0.4, 0.5) is 5.69 Å². The Balaban J connectivity index is 1.71. The van der Waals surface area contributed by atoms with Crippen molar-refractivity contribution in [3.05, 3.63) is 69.3 Å². The van der Waals surface area contributed by atoms with Crippen molar-refractivity contribution in [3.63, 3.8) is 0 Å². The molecule has 0 bridgehead atoms. The van der Waals surface area contributed by atoms with Crippen LogP contribution in [0.5, 0.6) is 5.75 Å². The number of benzene rings is 2. The number of Topliss-reactive ketones (excluding diaryl/α,β-unsaturated/α-hetero) is 1. The van der Waals surface area contributed by atoms with Gasteiger partial charge in [-0.1, -0.05) is 12.1 Å². The molecule has 3 rings (SSSR count). The van der Waals surface area contributed by atoms with Crippen LogP contribution in [0, 0.1) is 10.1 Å². The molecule has 2 aromatic rings. The number of aryl methyl sites for hydroxylation is 2. The number of carbonyl (C=O) groups is 1. The van der Waals surface area contributed by atoms with Crippen molar-refractivity contribution in [2.45, 2.75) is 32.3 Å². The Morgan fingerprint density at radius 2 is 1.83 bits per heavy atom. The number of non-ortho nitro benzene ring substituents is 1. The predicted molar refractivity (Wildman–Crippen MR) is 86.0 cm³/mol. The Morgan fingerprint density at radius 1 is 1.13 bits per heavy atom. The van der Waals surface area contributed by atoms with E-state index in [-0.39, 0.29) is 11.5 Å². The molecule has 0 aliphatic heterocycles. The van der Waals surface area contributed by atoms with E-state index in [0.29, 0.717) is 11.3 Å². The Kier molecular flexibility index (Phi) is 4.10. The van der Waals surface area contributed by atoms with Gasteiger partial charge in [0, 0.05) is 17.7 Å². The monoisotopic (exact) mass is 311 g/mol. The van der Waals surface area contributed by atoms with Crippen LogP contribution in [-0.4, -0.2) is 16.8 Å². The van der Waals surface area contributed by atoms with E-state index in [2.05, 4.69) is 0 Å². The lowest BCUT2D eigenvalue weighted by Crippen LogP contribution is -2.24. The zero-order chi connectivity index (χ0) is 16.4. The maximum absolute atomic E-state index is 12.5. The fraction of sp³-hybridized carbons (Fsp3) is 0.278. The van der Waals surface area contributed by atoms with Crippen LogP contribution in [0.2, 0.25) is 0 Å². The Hall–Kier alpha value is -2.69. The lowest BCUT2D eigenvalue weighted by Gasteiger charge is -2.14. The summed E-state index contributed by atoms with van der Waals surface area (Å²) in [6.07, 6.45) is 2.60. The molecule has 0 saturated heterocycles. The van der Waals surface area contributed by atoms with E-state index < -0.39 is 11.0 Å². The summed E-state index contributed by atoms with van der Waals surface area (Å²) < 4.78 is 5.61. The maximum atomic E-state index is 12.5. The second-order valence-corrected chi connectivity index (χ2v) is 5.71. The van der Waals surface area contributed by atoms with E-state index in [4.69, 9.17) is 4.74 Å². The zero-order valence-corrected chi connectivity index (χ0v) is 12.8. The van der Waals surface area contributed by atoms with Gasteiger partial charge in [0.2, 0.25) is 5.78 Å². The van der Waals surface area contributed by atoms with Crippen LogP contribution >= 0.6 is 0 Å². The molecule has 0 N–H and O–H groups in total. The number of nitro groups is 1. The molecule has 5 nitrogen and oxygen atoms in total. The quantitative estimate of drug-likeness (QED) is 0.479. The molecule has 118 valence electrons. The van der Waals surface area contributed by atoms with E-state index in [9.17, 15) is 14.9 Å². The molecule has 23 heavy (non-hydrogen) atoms. The van der Waals surface area contributed by atoms with E-state index in [1.54, 1.807) is 6.92 Å². The van der Waals surface area contributed by atoms with Gasteiger partial charge in [-0.2, -0.15) is 0 Å². The third-order valence-corrected chi connectivity index (χ3v) is 4.11. The number of carbonyl (C=O) groups excluding carboxylic acids is 1. The maximum Gasteiger partial charge on any atom is 0.269 e. The first-order valence-corrected chi connectivity index (χ1v) is 7.62. The van der Waals surface area contributed by atoms with Crippen molar-refractivity contribution < 1.29 is 14.5 Å². The van der Waals surface area contributed by atoms with Crippen LogP contribution in [0.1, 0.15) is 34.8 Å². The van der Waals surface area contributed by atoms with Gasteiger partial charge in [-0.3, -0.25) is 14.9 Å². The first-order valence-electron chi connectivity index (χ1n) is 7.62. The number of hydrogen-bond donors (Lipinski definition) is 0. The molecular formula is C18H17NO4. The summed E-state index contributed by atoms with van der Waals surface area (Å²) in [5.74, 6) is 0.357. The van der Waals surface area contributed by atoms with Gasteiger partial charge in [-0.25, -0.2) is 0 Å². The van der Waals surface area contributed by atoms with Crippen molar-refractivity contribution in [2.75, 3.05) is 0 Å². The molecule has 0 aromatic heterocycles. The molecule has 0 saturated carbocycles. The molecule has 2 aromatic carbocycles. The summed E-state index contributed by atoms with van der Waals surface area (Å²) in [6, 6.07) is 11.6. The van der Waals surface area contributed by atoms with Crippen LogP contribution in [0.25, 0.3) is 0 Å². The van der Waals surface area contributed by atoms with Crippen molar-refractivity contribution in [1.82, 2.24) is 0 Å². The van der Waals surface area contributed by atoms with E-state index in [1.807, 2.05) is 18.2 Å². The first-order chi connectivity index (χ1) is 11.0. The van der Waals surface area contributed by atoms with E-state index in [1.165, 1.54) is 35.4 Å². The molecule has 5 heteroatoms. The molecule has 0 spiro atoms. The molecule has 0 fully saturated rings. The Bertz CT molecular complexity index is 752. The summed E-state index contributed by atoms with van der Waals surface area (Å²) >= 11 is 0. The summed E-state index contributed by atoms with van der Waals surface area (Å²) in [6.45, 7) is 1.69. The van der Waals surface area contributed by atoms with Gasteiger partial charge in [0.15, 0.2) is 6.10 Å². The van der Waals surface area contributed by atoms with E-state index >= 15 is 0 Å². The van der Waals surface area contributed by atoms with Gasteiger partial charge < -0.3 is 4.74 Å². The number of nitro benzene ring substituents is 1. The fourth-order valence-electron chi connectivity index (χ4n) is 2.86. The third-order valence-electron chi connectivity index (χ3n) is 4.11. The summed E-state index contributed by atoms with van der Waals surface area (Å²) in [7, 11) is 0. The molecule has 0 heterocycles. The highest BCUT2D eigenvalue weighted by Gasteiger charge is 2.20.